The van der Waals surface area contributed by atoms with Crippen molar-refractivity contribution in [2.24, 2.45) is 0 Å². The third kappa shape index (κ3) is 3.44. The fraction of sp³-hybridized carbons (Fsp3) is 0.364. The summed E-state index contributed by atoms with van der Waals surface area (Å²) in [4.78, 5) is 0. The molecule has 0 radical (unpaired) electrons. The Morgan fingerprint density at radius 3 is 1.88 bits per heavy atom. The predicted octanol–water partition coefficient (Wildman–Crippen LogP) is 5.22. The summed E-state index contributed by atoms with van der Waals surface area (Å²) >= 11 is 0. The highest BCUT2D eigenvalue weighted by molar-refractivity contribution is 6.71. The second-order valence-electron chi connectivity index (χ2n) is 7.82. The minimum absolute atomic E-state index is 0.383. The molecule has 3 rings (SSSR count). The van der Waals surface area contributed by atoms with Gasteiger partial charge in [0.1, 0.15) is 0 Å². The van der Waals surface area contributed by atoms with E-state index < -0.39 is 7.12 Å². The summed E-state index contributed by atoms with van der Waals surface area (Å²) in [5, 5.41) is 0. The highest BCUT2D eigenvalue weighted by Crippen LogP contribution is 2.43. The van der Waals surface area contributed by atoms with Crippen molar-refractivity contribution < 1.29 is 9.31 Å². The fourth-order valence-electron chi connectivity index (χ4n) is 3.27. The second kappa shape index (κ2) is 6.94. The molecule has 0 spiro atoms. The zero-order chi connectivity index (χ0) is 18.9. The number of benzene rings is 2. The van der Waals surface area contributed by atoms with Crippen molar-refractivity contribution >= 4 is 23.9 Å². The summed E-state index contributed by atoms with van der Waals surface area (Å²) in [6, 6.07) is 18.4. The summed E-state index contributed by atoms with van der Waals surface area (Å²) < 4.78 is 12.8. The number of hydrogen-bond acceptors (Lipinski definition) is 3. The summed E-state index contributed by atoms with van der Waals surface area (Å²) in [7, 11) is -0.418. The second-order valence-corrected chi connectivity index (χ2v) is 7.82. The van der Waals surface area contributed by atoms with Gasteiger partial charge in [-0.25, -0.2) is 0 Å². The SMILES string of the molecule is CC/C(=C(/B1OC(C)(C)C(C)(C)O1)c1ccc(N)cc1)c1ccccc1. The van der Waals surface area contributed by atoms with Crippen LogP contribution < -0.4 is 5.73 Å². The number of rotatable bonds is 4. The molecule has 26 heavy (non-hydrogen) atoms. The standard InChI is InChI=1S/C22H28BNO2/c1-6-19(16-10-8-7-9-11-16)20(17-12-14-18(24)15-13-17)23-25-21(2,3)22(4,5)26-23/h7-15H,6,24H2,1-5H3/b20-19-. The van der Waals surface area contributed by atoms with Crippen LogP contribution in [0.2, 0.25) is 0 Å². The molecule has 3 nitrogen and oxygen atoms in total. The number of nitrogen functional groups attached to an aromatic ring is 1. The minimum atomic E-state index is -0.418. The molecule has 1 fully saturated rings. The normalized spacial score (nSPS) is 19.3. The number of hydrogen-bond donors (Lipinski definition) is 1. The molecule has 136 valence electrons. The van der Waals surface area contributed by atoms with Gasteiger partial charge in [-0.05, 0) is 68.4 Å². The van der Waals surface area contributed by atoms with Crippen LogP contribution in [0.1, 0.15) is 52.2 Å². The largest absolute Gasteiger partial charge is 0.495 e. The molecule has 0 aromatic heterocycles. The summed E-state index contributed by atoms with van der Waals surface area (Å²) in [6.45, 7) is 10.5. The first kappa shape index (κ1) is 18.7. The maximum Gasteiger partial charge on any atom is 0.495 e. The van der Waals surface area contributed by atoms with E-state index >= 15 is 0 Å². The molecule has 0 amide bonds. The van der Waals surface area contributed by atoms with Crippen molar-refractivity contribution in [3.05, 3.63) is 65.7 Å². The molecule has 1 heterocycles. The Morgan fingerprint density at radius 2 is 1.38 bits per heavy atom. The molecule has 0 saturated carbocycles. The van der Waals surface area contributed by atoms with Gasteiger partial charge in [-0.3, -0.25) is 0 Å². The van der Waals surface area contributed by atoms with Gasteiger partial charge in [0.2, 0.25) is 0 Å². The lowest BCUT2D eigenvalue weighted by Gasteiger charge is -2.32. The van der Waals surface area contributed by atoms with Gasteiger partial charge < -0.3 is 15.0 Å². The maximum atomic E-state index is 6.40. The lowest BCUT2D eigenvalue weighted by atomic mass is 9.69. The summed E-state index contributed by atoms with van der Waals surface area (Å²) in [5.41, 5.74) is 10.5. The van der Waals surface area contributed by atoms with Gasteiger partial charge >= 0.3 is 7.12 Å². The van der Waals surface area contributed by atoms with Crippen molar-refractivity contribution in [3.63, 3.8) is 0 Å². The third-order valence-corrected chi connectivity index (χ3v) is 5.51. The minimum Gasteiger partial charge on any atom is -0.399 e. The highest BCUT2D eigenvalue weighted by Gasteiger charge is 2.53. The van der Waals surface area contributed by atoms with E-state index in [-0.39, 0.29) is 11.2 Å². The summed E-state index contributed by atoms with van der Waals surface area (Å²) in [5.74, 6) is 0. The van der Waals surface area contributed by atoms with Crippen molar-refractivity contribution in [3.8, 4) is 0 Å². The first-order chi connectivity index (χ1) is 12.2. The Balaban J connectivity index is 2.17. The average Bonchev–Trinajstić information content (AvgIpc) is 2.82. The van der Waals surface area contributed by atoms with Gasteiger partial charge in [-0.2, -0.15) is 0 Å². The molecule has 1 saturated heterocycles. The molecule has 1 aliphatic rings. The average molecular weight is 349 g/mol. The zero-order valence-electron chi connectivity index (χ0n) is 16.4. The van der Waals surface area contributed by atoms with Crippen LogP contribution in [0, 0.1) is 0 Å². The van der Waals surface area contributed by atoms with Gasteiger partial charge in [0, 0.05) is 5.69 Å². The van der Waals surface area contributed by atoms with E-state index in [2.05, 4.69) is 58.9 Å². The van der Waals surface area contributed by atoms with Crippen LogP contribution in [0.4, 0.5) is 5.69 Å². The van der Waals surface area contributed by atoms with Crippen molar-refractivity contribution in [1.29, 1.82) is 0 Å². The molecule has 1 aliphatic heterocycles. The zero-order valence-corrected chi connectivity index (χ0v) is 16.4. The topological polar surface area (TPSA) is 44.5 Å². The molecule has 2 aromatic rings. The Labute approximate surface area is 157 Å². The van der Waals surface area contributed by atoms with Crippen molar-refractivity contribution in [2.45, 2.75) is 52.2 Å². The summed E-state index contributed by atoms with van der Waals surface area (Å²) in [6.07, 6.45) is 0.883. The third-order valence-electron chi connectivity index (χ3n) is 5.51. The van der Waals surface area contributed by atoms with E-state index in [0.717, 1.165) is 23.1 Å². The van der Waals surface area contributed by atoms with Crippen molar-refractivity contribution in [2.75, 3.05) is 5.73 Å². The number of allylic oxidation sites excluding steroid dienone is 1. The van der Waals surface area contributed by atoms with Gasteiger partial charge in [-0.1, -0.05) is 49.4 Å². The van der Waals surface area contributed by atoms with Crippen LogP contribution in [0.5, 0.6) is 0 Å². The Kier molecular flexibility index (Phi) is 5.00. The molecule has 0 atom stereocenters. The van der Waals surface area contributed by atoms with E-state index in [1.807, 2.05) is 30.3 Å². The van der Waals surface area contributed by atoms with Crippen LogP contribution >= 0.6 is 0 Å². The van der Waals surface area contributed by atoms with Crippen molar-refractivity contribution in [1.82, 2.24) is 0 Å². The smallest absolute Gasteiger partial charge is 0.399 e. The van der Waals surface area contributed by atoms with E-state index in [4.69, 9.17) is 15.0 Å². The van der Waals surface area contributed by atoms with Crippen LogP contribution in [-0.2, 0) is 9.31 Å². The van der Waals surface area contributed by atoms with Gasteiger partial charge in [0.25, 0.3) is 0 Å². The van der Waals surface area contributed by atoms with E-state index in [1.165, 1.54) is 11.1 Å². The number of nitrogens with two attached hydrogens (primary N) is 1. The molecular formula is C22H28BNO2. The predicted molar refractivity (Wildman–Crippen MR) is 110 cm³/mol. The Bertz CT molecular complexity index is 779. The van der Waals surface area contributed by atoms with Gasteiger partial charge in [0.05, 0.1) is 11.2 Å². The monoisotopic (exact) mass is 349 g/mol. The van der Waals surface area contributed by atoms with Gasteiger partial charge in [-0.15, -0.1) is 0 Å². The maximum absolute atomic E-state index is 6.40. The van der Waals surface area contributed by atoms with E-state index in [1.54, 1.807) is 0 Å². The van der Waals surface area contributed by atoms with Crippen LogP contribution in [0.15, 0.2) is 54.6 Å². The fourth-order valence-corrected chi connectivity index (χ4v) is 3.27. The molecule has 4 heteroatoms. The van der Waals surface area contributed by atoms with Crippen LogP contribution in [-0.4, -0.2) is 18.3 Å². The van der Waals surface area contributed by atoms with E-state index in [9.17, 15) is 0 Å². The molecule has 0 bridgehead atoms. The number of anilines is 1. The van der Waals surface area contributed by atoms with E-state index in [0.29, 0.717) is 0 Å². The highest BCUT2D eigenvalue weighted by atomic mass is 16.7. The molecule has 0 aliphatic carbocycles. The lowest BCUT2D eigenvalue weighted by Crippen LogP contribution is -2.41. The molecule has 0 unspecified atom stereocenters. The Hall–Kier alpha value is -2.04. The molecule has 2 N–H and O–H groups in total. The quantitative estimate of drug-likeness (QED) is 0.467. The van der Waals surface area contributed by atoms with Crippen LogP contribution in [0.25, 0.3) is 11.0 Å². The van der Waals surface area contributed by atoms with Crippen LogP contribution in [0.3, 0.4) is 0 Å². The lowest BCUT2D eigenvalue weighted by molar-refractivity contribution is 0.00578. The molecule has 2 aromatic carbocycles. The first-order valence-corrected chi connectivity index (χ1v) is 9.25. The molecular weight excluding hydrogens is 321 g/mol. The van der Waals surface area contributed by atoms with Gasteiger partial charge in [0.15, 0.2) is 0 Å². The first-order valence-electron chi connectivity index (χ1n) is 9.25. The Morgan fingerprint density at radius 1 is 0.846 bits per heavy atom.